The number of hydrogen-bond donors (Lipinski definition) is 3. The predicted molar refractivity (Wildman–Crippen MR) is 89.6 cm³/mol. The van der Waals surface area contributed by atoms with Gasteiger partial charge in [-0.15, -0.1) is 0 Å². The summed E-state index contributed by atoms with van der Waals surface area (Å²) in [5.74, 6) is -1.46. The van der Waals surface area contributed by atoms with Crippen molar-refractivity contribution in [2.45, 2.75) is 32.2 Å². The molecule has 2 amide bonds. The molecule has 1 fully saturated rings. The van der Waals surface area contributed by atoms with Gasteiger partial charge in [-0.3, -0.25) is 19.3 Å². The van der Waals surface area contributed by atoms with Crippen molar-refractivity contribution >= 4 is 23.5 Å². The number of nitrogens with zero attached hydrogens (tertiary/aromatic N) is 1. The molecule has 2 unspecified atom stereocenters. The molecule has 7 heteroatoms. The second-order valence-electron chi connectivity index (χ2n) is 6.18. The molecule has 4 N–H and O–H groups in total. The summed E-state index contributed by atoms with van der Waals surface area (Å²) in [6, 6.07) is 5.79. The Kier molecular flexibility index (Phi) is 5.92. The van der Waals surface area contributed by atoms with E-state index in [2.05, 4.69) is 5.32 Å². The zero-order chi connectivity index (χ0) is 17.7. The normalized spacial score (nSPS) is 21.2. The van der Waals surface area contributed by atoms with Crippen LogP contribution in [-0.4, -0.2) is 46.9 Å². The lowest BCUT2D eigenvalue weighted by Crippen LogP contribution is -2.49. The van der Waals surface area contributed by atoms with Gasteiger partial charge in [0.2, 0.25) is 11.8 Å². The van der Waals surface area contributed by atoms with Crippen LogP contribution in [0.1, 0.15) is 36.5 Å². The molecule has 1 aliphatic heterocycles. The van der Waals surface area contributed by atoms with Crippen LogP contribution in [-0.2, 0) is 9.59 Å². The van der Waals surface area contributed by atoms with Crippen LogP contribution in [0.3, 0.4) is 0 Å². The Bertz CT molecular complexity index is 615. The third kappa shape index (κ3) is 4.55. The van der Waals surface area contributed by atoms with E-state index in [4.69, 9.17) is 5.73 Å². The Morgan fingerprint density at radius 3 is 2.54 bits per heavy atom. The zero-order valence-corrected chi connectivity index (χ0v) is 13.7. The molecule has 0 saturated carbocycles. The number of carbonyl (C=O) groups is 3. The van der Waals surface area contributed by atoms with Crippen molar-refractivity contribution in [1.82, 2.24) is 4.90 Å². The average molecular weight is 333 g/mol. The van der Waals surface area contributed by atoms with Gasteiger partial charge in [0, 0.05) is 24.2 Å². The van der Waals surface area contributed by atoms with Crippen LogP contribution < -0.4 is 11.1 Å². The summed E-state index contributed by atoms with van der Waals surface area (Å²) < 4.78 is 0. The third-order valence-electron chi connectivity index (χ3n) is 4.37. The van der Waals surface area contributed by atoms with Crippen LogP contribution in [0.2, 0.25) is 0 Å². The molecule has 7 nitrogen and oxygen atoms in total. The van der Waals surface area contributed by atoms with Crippen LogP contribution in [0, 0.1) is 5.92 Å². The lowest BCUT2D eigenvalue weighted by molar-refractivity contribution is -0.147. The molecule has 0 bridgehead atoms. The lowest BCUT2D eigenvalue weighted by atomic mass is 9.90. The highest BCUT2D eigenvalue weighted by Crippen LogP contribution is 2.23. The van der Waals surface area contributed by atoms with E-state index >= 15 is 0 Å². The highest BCUT2D eigenvalue weighted by Gasteiger charge is 2.33. The smallest absolute Gasteiger partial charge is 0.321 e. The molecule has 0 spiro atoms. The van der Waals surface area contributed by atoms with E-state index in [9.17, 15) is 19.5 Å². The SMILES string of the molecule is CC1CCCN(CCC(=O)Nc2ccc(C(N)=O)cc2)C1C(=O)O. The summed E-state index contributed by atoms with van der Waals surface area (Å²) in [7, 11) is 0. The van der Waals surface area contributed by atoms with Gasteiger partial charge in [-0.25, -0.2) is 0 Å². The second-order valence-corrected chi connectivity index (χ2v) is 6.18. The fourth-order valence-electron chi connectivity index (χ4n) is 3.11. The molecule has 1 heterocycles. The van der Waals surface area contributed by atoms with Gasteiger partial charge < -0.3 is 16.2 Å². The molecular formula is C17H23N3O4. The number of likely N-dealkylation sites (tertiary alicyclic amines) is 1. The van der Waals surface area contributed by atoms with Crippen molar-refractivity contribution in [1.29, 1.82) is 0 Å². The lowest BCUT2D eigenvalue weighted by Gasteiger charge is -2.37. The van der Waals surface area contributed by atoms with Crippen molar-refractivity contribution < 1.29 is 19.5 Å². The molecular weight excluding hydrogens is 310 g/mol. The average Bonchev–Trinajstić information content (AvgIpc) is 2.53. The van der Waals surface area contributed by atoms with Gasteiger partial charge in [-0.2, -0.15) is 0 Å². The van der Waals surface area contributed by atoms with E-state index in [1.165, 1.54) is 0 Å². The van der Waals surface area contributed by atoms with Crippen molar-refractivity contribution in [3.8, 4) is 0 Å². The predicted octanol–water partition coefficient (Wildman–Crippen LogP) is 1.30. The standard InChI is InChI=1S/C17H23N3O4/c1-11-3-2-9-20(15(11)17(23)24)10-8-14(21)19-13-6-4-12(5-7-13)16(18)22/h4-7,11,15H,2-3,8-10H2,1H3,(H2,18,22)(H,19,21)(H,23,24). The van der Waals surface area contributed by atoms with Gasteiger partial charge >= 0.3 is 5.97 Å². The molecule has 1 aliphatic rings. The number of aliphatic carboxylic acids is 1. The van der Waals surface area contributed by atoms with Crippen LogP contribution in [0.4, 0.5) is 5.69 Å². The molecule has 0 aromatic heterocycles. The van der Waals surface area contributed by atoms with Crippen LogP contribution in [0.15, 0.2) is 24.3 Å². The minimum Gasteiger partial charge on any atom is -0.480 e. The van der Waals surface area contributed by atoms with Gasteiger partial charge in [-0.1, -0.05) is 6.92 Å². The summed E-state index contributed by atoms with van der Waals surface area (Å²) in [5, 5.41) is 12.1. The molecule has 1 aromatic carbocycles. The van der Waals surface area contributed by atoms with Gasteiger partial charge in [0.25, 0.3) is 0 Å². The molecule has 1 saturated heterocycles. The molecule has 1 aromatic rings. The van der Waals surface area contributed by atoms with Crippen molar-refractivity contribution in [2.75, 3.05) is 18.4 Å². The maximum Gasteiger partial charge on any atom is 0.321 e. The van der Waals surface area contributed by atoms with E-state index in [0.717, 1.165) is 12.8 Å². The van der Waals surface area contributed by atoms with E-state index < -0.39 is 17.9 Å². The Balaban J connectivity index is 1.88. The number of primary amides is 1. The number of amides is 2. The van der Waals surface area contributed by atoms with Crippen LogP contribution in [0.25, 0.3) is 0 Å². The molecule has 0 aliphatic carbocycles. The highest BCUT2D eigenvalue weighted by molar-refractivity contribution is 5.94. The van der Waals surface area contributed by atoms with Crippen LogP contribution >= 0.6 is 0 Å². The number of nitrogens with two attached hydrogens (primary N) is 1. The van der Waals surface area contributed by atoms with Gasteiger partial charge in [0.1, 0.15) is 6.04 Å². The minimum atomic E-state index is -0.829. The number of benzene rings is 1. The highest BCUT2D eigenvalue weighted by atomic mass is 16.4. The van der Waals surface area contributed by atoms with E-state index in [0.29, 0.717) is 24.3 Å². The Morgan fingerprint density at radius 2 is 1.96 bits per heavy atom. The second kappa shape index (κ2) is 7.92. The van der Waals surface area contributed by atoms with E-state index in [-0.39, 0.29) is 18.2 Å². The minimum absolute atomic E-state index is 0.0839. The van der Waals surface area contributed by atoms with Crippen molar-refractivity contribution in [3.05, 3.63) is 29.8 Å². The van der Waals surface area contributed by atoms with Gasteiger partial charge in [0.05, 0.1) is 0 Å². The number of carbonyl (C=O) groups excluding carboxylic acids is 2. The number of anilines is 1. The molecule has 130 valence electrons. The molecule has 2 atom stereocenters. The summed E-state index contributed by atoms with van der Waals surface area (Å²) >= 11 is 0. The molecule has 0 radical (unpaired) electrons. The van der Waals surface area contributed by atoms with Gasteiger partial charge in [0.15, 0.2) is 0 Å². The summed E-state index contributed by atoms with van der Waals surface area (Å²) in [6.07, 6.45) is 2.06. The molecule has 24 heavy (non-hydrogen) atoms. The number of piperidine rings is 1. The third-order valence-corrected chi connectivity index (χ3v) is 4.37. The summed E-state index contributed by atoms with van der Waals surface area (Å²) in [6.45, 7) is 3.04. The summed E-state index contributed by atoms with van der Waals surface area (Å²) in [4.78, 5) is 36.3. The maximum atomic E-state index is 12.1. The molecule has 2 rings (SSSR count). The Hall–Kier alpha value is -2.41. The first-order chi connectivity index (χ1) is 11.4. The van der Waals surface area contributed by atoms with Gasteiger partial charge in [-0.05, 0) is 49.6 Å². The number of nitrogens with one attached hydrogen (secondary N) is 1. The summed E-state index contributed by atoms with van der Waals surface area (Å²) in [5.41, 5.74) is 6.11. The monoisotopic (exact) mass is 333 g/mol. The first-order valence-corrected chi connectivity index (χ1v) is 8.05. The first-order valence-electron chi connectivity index (χ1n) is 8.05. The van der Waals surface area contributed by atoms with E-state index in [1.807, 2.05) is 11.8 Å². The van der Waals surface area contributed by atoms with Crippen molar-refractivity contribution in [3.63, 3.8) is 0 Å². The number of carboxylic acids is 1. The zero-order valence-electron chi connectivity index (χ0n) is 13.7. The number of hydrogen-bond acceptors (Lipinski definition) is 4. The first kappa shape index (κ1) is 17.9. The van der Waals surface area contributed by atoms with E-state index in [1.54, 1.807) is 24.3 Å². The van der Waals surface area contributed by atoms with Crippen LogP contribution in [0.5, 0.6) is 0 Å². The Morgan fingerprint density at radius 1 is 1.29 bits per heavy atom. The fourth-order valence-corrected chi connectivity index (χ4v) is 3.11. The number of carboxylic acid groups (broad SMARTS) is 1. The topological polar surface area (TPSA) is 113 Å². The van der Waals surface area contributed by atoms with Crippen molar-refractivity contribution in [2.24, 2.45) is 11.7 Å². The Labute approximate surface area is 140 Å². The number of rotatable bonds is 6. The fraction of sp³-hybridized carbons (Fsp3) is 0.471. The maximum absolute atomic E-state index is 12.1. The quantitative estimate of drug-likeness (QED) is 0.726. The largest absolute Gasteiger partial charge is 0.480 e.